The summed E-state index contributed by atoms with van der Waals surface area (Å²) in [5.74, 6) is 0.941. The molecule has 0 aliphatic carbocycles. The first-order chi connectivity index (χ1) is 9.63. The van der Waals surface area contributed by atoms with Crippen LogP contribution in [0.15, 0.2) is 24.3 Å². The van der Waals surface area contributed by atoms with Gasteiger partial charge in [-0.1, -0.05) is 32.4 Å². The molecule has 20 heavy (non-hydrogen) atoms. The third-order valence-electron chi connectivity index (χ3n) is 3.85. The number of hydrogen-bond acceptors (Lipinski definition) is 3. The quantitative estimate of drug-likeness (QED) is 0.644. The standard InChI is InChI=1S/C17H29NO2/c1-4-6-13-20-16-9-7-15(8-10-16)14-18-17(3,5-2)11-12-19/h7-10,18-19H,4-6,11-14H2,1-3H3. The summed E-state index contributed by atoms with van der Waals surface area (Å²) in [6.45, 7) is 8.30. The highest BCUT2D eigenvalue weighted by Gasteiger charge is 2.20. The van der Waals surface area contributed by atoms with Crippen molar-refractivity contribution < 1.29 is 9.84 Å². The number of aliphatic hydroxyl groups excluding tert-OH is 1. The first kappa shape index (κ1) is 17.0. The van der Waals surface area contributed by atoms with Crippen LogP contribution in [0.1, 0.15) is 52.0 Å². The van der Waals surface area contributed by atoms with Gasteiger partial charge in [-0.05, 0) is 43.9 Å². The van der Waals surface area contributed by atoms with Crippen LogP contribution in [0.3, 0.4) is 0 Å². The monoisotopic (exact) mass is 279 g/mol. The van der Waals surface area contributed by atoms with Crippen LogP contribution < -0.4 is 10.1 Å². The van der Waals surface area contributed by atoms with Crippen molar-refractivity contribution in [2.75, 3.05) is 13.2 Å². The van der Waals surface area contributed by atoms with Crippen LogP contribution >= 0.6 is 0 Å². The lowest BCUT2D eigenvalue weighted by Crippen LogP contribution is -2.42. The highest BCUT2D eigenvalue weighted by Crippen LogP contribution is 2.17. The fraction of sp³-hybridized carbons (Fsp3) is 0.647. The molecule has 1 aromatic rings. The van der Waals surface area contributed by atoms with E-state index in [1.165, 1.54) is 5.56 Å². The zero-order valence-corrected chi connectivity index (χ0v) is 13.1. The van der Waals surface area contributed by atoms with Crippen LogP contribution in [0.2, 0.25) is 0 Å². The molecule has 1 aromatic carbocycles. The van der Waals surface area contributed by atoms with E-state index in [0.29, 0.717) is 0 Å². The van der Waals surface area contributed by atoms with Gasteiger partial charge in [-0.3, -0.25) is 0 Å². The maximum absolute atomic E-state index is 9.11. The molecule has 1 rings (SSSR count). The molecule has 0 heterocycles. The van der Waals surface area contributed by atoms with E-state index in [-0.39, 0.29) is 12.1 Å². The molecular weight excluding hydrogens is 250 g/mol. The lowest BCUT2D eigenvalue weighted by atomic mass is 9.94. The van der Waals surface area contributed by atoms with E-state index in [2.05, 4.69) is 38.2 Å². The Bertz CT molecular complexity index is 364. The number of aliphatic hydroxyl groups is 1. The Balaban J connectivity index is 2.44. The molecule has 0 bridgehead atoms. The van der Waals surface area contributed by atoms with E-state index in [4.69, 9.17) is 9.84 Å². The van der Waals surface area contributed by atoms with Gasteiger partial charge >= 0.3 is 0 Å². The lowest BCUT2D eigenvalue weighted by Gasteiger charge is -2.29. The molecule has 0 radical (unpaired) electrons. The van der Waals surface area contributed by atoms with Gasteiger partial charge in [0.25, 0.3) is 0 Å². The zero-order valence-electron chi connectivity index (χ0n) is 13.1. The van der Waals surface area contributed by atoms with Crippen molar-refractivity contribution in [3.05, 3.63) is 29.8 Å². The third-order valence-corrected chi connectivity index (χ3v) is 3.85. The van der Waals surface area contributed by atoms with E-state index in [1.807, 2.05) is 12.1 Å². The molecule has 1 unspecified atom stereocenters. The van der Waals surface area contributed by atoms with Crippen LogP contribution in [0.5, 0.6) is 5.75 Å². The molecule has 0 aromatic heterocycles. The summed E-state index contributed by atoms with van der Waals surface area (Å²) in [6, 6.07) is 8.26. The fourth-order valence-electron chi connectivity index (χ4n) is 1.99. The molecule has 0 spiro atoms. The lowest BCUT2D eigenvalue weighted by molar-refractivity contribution is 0.214. The minimum Gasteiger partial charge on any atom is -0.494 e. The van der Waals surface area contributed by atoms with Gasteiger partial charge in [-0.15, -0.1) is 0 Å². The molecule has 3 nitrogen and oxygen atoms in total. The summed E-state index contributed by atoms with van der Waals surface area (Å²) in [4.78, 5) is 0. The van der Waals surface area contributed by atoms with Crippen molar-refractivity contribution in [1.29, 1.82) is 0 Å². The maximum atomic E-state index is 9.11. The molecule has 1 atom stereocenters. The Morgan fingerprint density at radius 1 is 1.20 bits per heavy atom. The number of benzene rings is 1. The second kappa shape index (κ2) is 8.98. The highest BCUT2D eigenvalue weighted by atomic mass is 16.5. The van der Waals surface area contributed by atoms with Crippen molar-refractivity contribution in [2.24, 2.45) is 0 Å². The van der Waals surface area contributed by atoms with Crippen LogP contribution in [0.4, 0.5) is 0 Å². The largest absolute Gasteiger partial charge is 0.494 e. The van der Waals surface area contributed by atoms with Crippen LogP contribution in [-0.4, -0.2) is 23.9 Å². The second-order valence-corrected chi connectivity index (χ2v) is 5.59. The van der Waals surface area contributed by atoms with Crippen LogP contribution in [-0.2, 0) is 6.54 Å². The predicted molar refractivity (Wildman–Crippen MR) is 84.1 cm³/mol. The van der Waals surface area contributed by atoms with Crippen LogP contribution in [0.25, 0.3) is 0 Å². The minimum absolute atomic E-state index is 0.00501. The third kappa shape index (κ3) is 5.93. The summed E-state index contributed by atoms with van der Waals surface area (Å²) >= 11 is 0. The Kier molecular flexibility index (Phi) is 7.63. The summed E-state index contributed by atoms with van der Waals surface area (Å²) < 4.78 is 5.65. The summed E-state index contributed by atoms with van der Waals surface area (Å²) in [7, 11) is 0. The Hall–Kier alpha value is -1.06. The van der Waals surface area contributed by atoms with Gasteiger partial charge in [0, 0.05) is 18.7 Å². The average molecular weight is 279 g/mol. The number of hydrogen-bond donors (Lipinski definition) is 2. The summed E-state index contributed by atoms with van der Waals surface area (Å²) in [5, 5.41) is 12.6. The first-order valence-corrected chi connectivity index (χ1v) is 7.71. The van der Waals surface area contributed by atoms with E-state index in [0.717, 1.165) is 44.6 Å². The highest BCUT2D eigenvalue weighted by molar-refractivity contribution is 5.27. The molecule has 114 valence electrons. The molecule has 3 heteroatoms. The topological polar surface area (TPSA) is 41.5 Å². The van der Waals surface area contributed by atoms with E-state index < -0.39 is 0 Å². The number of unbranched alkanes of at least 4 members (excludes halogenated alkanes) is 1. The summed E-state index contributed by atoms with van der Waals surface area (Å²) in [6.07, 6.45) is 4.04. The van der Waals surface area contributed by atoms with Gasteiger partial charge in [0.15, 0.2) is 0 Å². The Morgan fingerprint density at radius 2 is 1.90 bits per heavy atom. The van der Waals surface area contributed by atoms with Crippen molar-refractivity contribution in [3.8, 4) is 5.75 Å². The van der Waals surface area contributed by atoms with Gasteiger partial charge in [-0.25, -0.2) is 0 Å². The SMILES string of the molecule is CCCCOc1ccc(CNC(C)(CC)CCO)cc1. The summed E-state index contributed by atoms with van der Waals surface area (Å²) in [5.41, 5.74) is 1.25. The van der Waals surface area contributed by atoms with Gasteiger partial charge in [-0.2, -0.15) is 0 Å². The van der Waals surface area contributed by atoms with E-state index >= 15 is 0 Å². The van der Waals surface area contributed by atoms with Gasteiger partial charge in [0.2, 0.25) is 0 Å². The number of nitrogens with one attached hydrogen (secondary N) is 1. The average Bonchev–Trinajstić information content (AvgIpc) is 2.47. The van der Waals surface area contributed by atoms with Gasteiger partial charge in [0.1, 0.15) is 5.75 Å². The normalized spacial score (nSPS) is 14.0. The second-order valence-electron chi connectivity index (χ2n) is 5.59. The Labute approximate surface area is 123 Å². The van der Waals surface area contributed by atoms with E-state index in [1.54, 1.807) is 0 Å². The van der Waals surface area contributed by atoms with Crippen molar-refractivity contribution >= 4 is 0 Å². The van der Waals surface area contributed by atoms with Gasteiger partial charge < -0.3 is 15.2 Å². The first-order valence-electron chi connectivity index (χ1n) is 7.71. The molecule has 0 amide bonds. The molecule has 0 fully saturated rings. The smallest absolute Gasteiger partial charge is 0.119 e. The molecular formula is C17H29NO2. The van der Waals surface area contributed by atoms with E-state index in [9.17, 15) is 0 Å². The molecule has 0 aliphatic heterocycles. The number of rotatable bonds is 10. The van der Waals surface area contributed by atoms with Crippen molar-refractivity contribution in [1.82, 2.24) is 5.32 Å². The molecule has 0 saturated carbocycles. The molecule has 0 aliphatic rings. The van der Waals surface area contributed by atoms with Gasteiger partial charge in [0.05, 0.1) is 6.61 Å². The molecule has 2 N–H and O–H groups in total. The number of ether oxygens (including phenoxy) is 1. The van der Waals surface area contributed by atoms with Crippen molar-refractivity contribution in [3.63, 3.8) is 0 Å². The van der Waals surface area contributed by atoms with Crippen molar-refractivity contribution in [2.45, 2.75) is 58.5 Å². The Morgan fingerprint density at radius 3 is 2.45 bits per heavy atom. The predicted octanol–water partition coefficient (Wildman–Crippen LogP) is 3.51. The fourth-order valence-corrected chi connectivity index (χ4v) is 1.99. The van der Waals surface area contributed by atoms with Crippen LogP contribution in [0, 0.1) is 0 Å². The minimum atomic E-state index is 0.00501. The maximum Gasteiger partial charge on any atom is 0.119 e. The molecule has 0 saturated heterocycles. The zero-order chi connectivity index (χ0) is 14.8.